The molecule has 0 bridgehead atoms. The molecule has 6 heteroatoms. The maximum atomic E-state index is 12.7. The van der Waals surface area contributed by atoms with Gasteiger partial charge in [-0.3, -0.25) is 14.7 Å². The van der Waals surface area contributed by atoms with Crippen LogP contribution in [0.4, 0.5) is 11.4 Å². The second kappa shape index (κ2) is 7.29. The monoisotopic (exact) mass is 426 g/mol. The van der Waals surface area contributed by atoms with E-state index >= 15 is 0 Å². The molecule has 2 aliphatic heterocycles. The van der Waals surface area contributed by atoms with E-state index in [1.165, 1.54) is 0 Å². The standard InChI is InChI=1S/C26H27BN2O3/c1-17-7-6-8-23-22(17)14-24(30)29(23)21-11-9-18(10-12-21)19-13-20(16-28-15-19)27-31-25(2,3)26(4,5)32-27/h6-13,15-16H,14H2,1-5H3. The third-order valence-corrected chi connectivity index (χ3v) is 6.95. The van der Waals surface area contributed by atoms with Crippen LogP contribution in [-0.4, -0.2) is 29.2 Å². The van der Waals surface area contributed by atoms with Crippen molar-refractivity contribution in [1.82, 2.24) is 4.98 Å². The van der Waals surface area contributed by atoms with Crippen LogP contribution in [0.15, 0.2) is 60.9 Å². The van der Waals surface area contributed by atoms with Crippen LogP contribution in [0.1, 0.15) is 38.8 Å². The average Bonchev–Trinajstić information content (AvgIpc) is 3.21. The molecule has 0 spiro atoms. The summed E-state index contributed by atoms with van der Waals surface area (Å²) >= 11 is 0. The Morgan fingerprint density at radius 2 is 1.62 bits per heavy atom. The molecule has 5 nitrogen and oxygen atoms in total. The largest absolute Gasteiger partial charge is 0.496 e. The van der Waals surface area contributed by atoms with Crippen LogP contribution in [-0.2, 0) is 20.5 Å². The maximum Gasteiger partial charge on any atom is 0.496 e. The van der Waals surface area contributed by atoms with Gasteiger partial charge in [0, 0.05) is 23.5 Å². The van der Waals surface area contributed by atoms with E-state index in [1.807, 2.05) is 75.2 Å². The van der Waals surface area contributed by atoms with Crippen molar-refractivity contribution >= 4 is 29.9 Å². The third kappa shape index (κ3) is 3.35. The van der Waals surface area contributed by atoms with E-state index in [0.29, 0.717) is 6.42 Å². The zero-order valence-corrected chi connectivity index (χ0v) is 19.2. The van der Waals surface area contributed by atoms with E-state index in [2.05, 4.69) is 24.0 Å². The van der Waals surface area contributed by atoms with Crippen molar-refractivity contribution in [3.05, 3.63) is 72.1 Å². The van der Waals surface area contributed by atoms with E-state index in [9.17, 15) is 4.79 Å². The zero-order chi connectivity index (χ0) is 22.7. The highest BCUT2D eigenvalue weighted by Crippen LogP contribution is 2.38. The number of amides is 1. The molecular formula is C26H27BN2O3. The van der Waals surface area contributed by atoms with Crippen molar-refractivity contribution < 1.29 is 14.1 Å². The zero-order valence-electron chi connectivity index (χ0n) is 19.2. The van der Waals surface area contributed by atoms with Gasteiger partial charge in [-0.05, 0) is 75.1 Å². The molecule has 1 fully saturated rings. The number of nitrogens with zero attached hydrogens (tertiary/aromatic N) is 2. The average molecular weight is 426 g/mol. The van der Waals surface area contributed by atoms with Gasteiger partial charge in [-0.15, -0.1) is 0 Å². The highest BCUT2D eigenvalue weighted by molar-refractivity contribution is 6.62. The van der Waals surface area contributed by atoms with Crippen LogP contribution in [0, 0.1) is 6.92 Å². The summed E-state index contributed by atoms with van der Waals surface area (Å²) in [5, 5.41) is 0. The minimum atomic E-state index is -0.450. The number of aryl methyl sites for hydroxylation is 1. The van der Waals surface area contributed by atoms with E-state index in [1.54, 1.807) is 6.20 Å². The summed E-state index contributed by atoms with van der Waals surface area (Å²) in [5.41, 5.74) is 6.22. The van der Waals surface area contributed by atoms with Gasteiger partial charge in [0.25, 0.3) is 0 Å². The summed E-state index contributed by atoms with van der Waals surface area (Å²) in [6.45, 7) is 10.2. The van der Waals surface area contributed by atoms with Crippen molar-refractivity contribution in [3.63, 3.8) is 0 Å². The molecule has 32 heavy (non-hydrogen) atoms. The first kappa shape index (κ1) is 20.9. The fourth-order valence-corrected chi connectivity index (χ4v) is 4.30. The molecule has 0 N–H and O–H groups in total. The normalized spacial score (nSPS) is 18.8. The van der Waals surface area contributed by atoms with Crippen LogP contribution in [0.2, 0.25) is 0 Å². The Morgan fingerprint density at radius 3 is 2.31 bits per heavy atom. The van der Waals surface area contributed by atoms with Crippen LogP contribution in [0.5, 0.6) is 0 Å². The molecule has 3 heterocycles. The first-order valence-electron chi connectivity index (χ1n) is 11.0. The Morgan fingerprint density at radius 1 is 0.938 bits per heavy atom. The van der Waals surface area contributed by atoms with Gasteiger partial charge < -0.3 is 9.31 Å². The molecule has 162 valence electrons. The van der Waals surface area contributed by atoms with Gasteiger partial charge >= 0.3 is 7.12 Å². The van der Waals surface area contributed by atoms with Crippen LogP contribution in [0.25, 0.3) is 11.1 Å². The summed E-state index contributed by atoms with van der Waals surface area (Å²) in [6.07, 6.45) is 4.08. The Bertz CT molecular complexity index is 1190. The van der Waals surface area contributed by atoms with Crippen molar-refractivity contribution in [2.24, 2.45) is 0 Å². The number of hydrogen-bond acceptors (Lipinski definition) is 4. The quantitative estimate of drug-likeness (QED) is 0.576. The fourth-order valence-electron chi connectivity index (χ4n) is 4.30. The van der Waals surface area contributed by atoms with Crippen molar-refractivity contribution in [2.45, 2.75) is 52.2 Å². The van der Waals surface area contributed by atoms with Crippen molar-refractivity contribution in [2.75, 3.05) is 4.90 Å². The summed E-state index contributed by atoms with van der Waals surface area (Å²) in [6, 6.07) is 16.2. The lowest BCUT2D eigenvalue weighted by atomic mass is 9.79. The van der Waals surface area contributed by atoms with E-state index in [-0.39, 0.29) is 5.91 Å². The predicted molar refractivity (Wildman–Crippen MR) is 127 cm³/mol. The van der Waals surface area contributed by atoms with Gasteiger partial charge in [-0.2, -0.15) is 0 Å². The minimum absolute atomic E-state index is 0.103. The number of carbonyl (C=O) groups is 1. The van der Waals surface area contributed by atoms with Gasteiger partial charge in [0.15, 0.2) is 0 Å². The number of hydrogen-bond donors (Lipinski definition) is 0. The van der Waals surface area contributed by atoms with Gasteiger partial charge in [0.05, 0.1) is 23.3 Å². The summed E-state index contributed by atoms with van der Waals surface area (Å²) in [5.74, 6) is 0.103. The van der Waals surface area contributed by atoms with Crippen LogP contribution < -0.4 is 10.4 Å². The van der Waals surface area contributed by atoms with Gasteiger partial charge in [-0.25, -0.2) is 0 Å². The van der Waals surface area contributed by atoms with Crippen molar-refractivity contribution in [3.8, 4) is 11.1 Å². The Balaban J connectivity index is 1.42. The molecule has 2 aliphatic rings. The lowest BCUT2D eigenvalue weighted by Gasteiger charge is -2.32. The number of rotatable bonds is 3. The Kier molecular flexibility index (Phi) is 4.77. The molecule has 0 atom stereocenters. The molecule has 0 radical (unpaired) electrons. The number of carbonyl (C=O) groups excluding carboxylic acids is 1. The van der Waals surface area contributed by atoms with E-state index in [0.717, 1.165) is 39.1 Å². The molecule has 0 aliphatic carbocycles. The van der Waals surface area contributed by atoms with Gasteiger partial charge in [0.1, 0.15) is 0 Å². The molecule has 1 aromatic heterocycles. The predicted octanol–water partition coefficient (Wildman–Crippen LogP) is 4.58. The molecule has 5 rings (SSSR count). The summed E-state index contributed by atoms with van der Waals surface area (Å²) in [7, 11) is -0.450. The summed E-state index contributed by atoms with van der Waals surface area (Å²) < 4.78 is 12.4. The fraction of sp³-hybridized carbons (Fsp3) is 0.308. The lowest BCUT2D eigenvalue weighted by Crippen LogP contribution is -2.41. The van der Waals surface area contributed by atoms with Crippen molar-refractivity contribution in [1.29, 1.82) is 0 Å². The van der Waals surface area contributed by atoms with Gasteiger partial charge in [-0.1, -0.05) is 30.3 Å². The second-order valence-electron chi connectivity index (χ2n) is 9.62. The smallest absolute Gasteiger partial charge is 0.399 e. The summed E-state index contributed by atoms with van der Waals surface area (Å²) in [4.78, 5) is 19.0. The van der Waals surface area contributed by atoms with Crippen LogP contribution >= 0.6 is 0 Å². The Hall–Kier alpha value is -2.96. The highest BCUT2D eigenvalue weighted by atomic mass is 16.7. The van der Waals surface area contributed by atoms with Gasteiger partial charge in [0.2, 0.25) is 5.91 Å². The molecule has 2 aromatic carbocycles. The maximum absolute atomic E-state index is 12.7. The number of pyridine rings is 1. The minimum Gasteiger partial charge on any atom is -0.399 e. The molecule has 3 aromatic rings. The number of benzene rings is 2. The lowest BCUT2D eigenvalue weighted by molar-refractivity contribution is -0.116. The molecule has 1 saturated heterocycles. The first-order chi connectivity index (χ1) is 15.2. The molecule has 0 unspecified atom stereocenters. The molecular weight excluding hydrogens is 399 g/mol. The van der Waals surface area contributed by atoms with Crippen LogP contribution in [0.3, 0.4) is 0 Å². The molecule has 1 amide bonds. The Labute approximate surface area is 189 Å². The highest BCUT2D eigenvalue weighted by Gasteiger charge is 2.51. The topological polar surface area (TPSA) is 51.7 Å². The van der Waals surface area contributed by atoms with E-state index < -0.39 is 18.3 Å². The second-order valence-corrected chi connectivity index (χ2v) is 9.62. The van der Waals surface area contributed by atoms with E-state index in [4.69, 9.17) is 9.31 Å². The third-order valence-electron chi connectivity index (χ3n) is 6.95. The number of aromatic nitrogens is 1. The number of fused-ring (bicyclic) bond motifs is 1. The number of anilines is 2. The molecule has 0 saturated carbocycles. The SMILES string of the molecule is Cc1cccc2c1CC(=O)N2c1ccc(-c2cncc(B3OC(C)(C)C(C)(C)O3)c2)cc1. The first-order valence-corrected chi connectivity index (χ1v) is 11.0.